The normalized spacial score (nSPS) is 11.1. The number of sulfonamides is 1. The molecule has 0 fully saturated rings. The average Bonchev–Trinajstić information content (AvgIpc) is 2.99. The van der Waals surface area contributed by atoms with Crippen LogP contribution in [0.3, 0.4) is 0 Å². The lowest BCUT2D eigenvalue weighted by Crippen LogP contribution is -2.25. The molecule has 0 saturated carbocycles. The van der Waals surface area contributed by atoms with Crippen molar-refractivity contribution in [3.05, 3.63) is 65.6 Å². The average molecular weight is 660 g/mol. The predicted octanol–water partition coefficient (Wildman–Crippen LogP) is 4.25. The zero-order chi connectivity index (χ0) is 33.9. The number of hydroxylamine groups is 1. The van der Waals surface area contributed by atoms with Gasteiger partial charge in [0.05, 0.1) is 29.3 Å². The van der Waals surface area contributed by atoms with Gasteiger partial charge in [-0.3, -0.25) is 19.1 Å². The smallest absolute Gasteiger partial charge is 0.343 e. The molecule has 0 radical (unpaired) electrons. The molecular weight excluding hydrogens is 621 g/mol. The molecule has 0 saturated heterocycles. The molecule has 5 N–H and O–H groups in total. The van der Waals surface area contributed by atoms with Crippen LogP contribution in [0.15, 0.2) is 48.7 Å². The maximum Gasteiger partial charge on any atom is 0.343 e. The van der Waals surface area contributed by atoms with E-state index < -0.39 is 39.7 Å². The zero-order valence-corrected chi connectivity index (χ0v) is 26.8. The molecule has 2 aromatic carbocycles. The second-order valence-electron chi connectivity index (χ2n) is 10.6. The molecular formula is C30H38FN7O7S. The van der Waals surface area contributed by atoms with Gasteiger partial charge >= 0.3 is 5.97 Å². The van der Waals surface area contributed by atoms with E-state index in [-0.39, 0.29) is 35.0 Å². The molecule has 0 spiro atoms. The lowest BCUT2D eigenvalue weighted by atomic mass is 10.1. The topological polar surface area (TPSA) is 192 Å². The number of hydrogen-bond acceptors (Lipinski definition) is 11. The number of carbonyl (C=O) groups excluding carboxylic acids is 3. The third-order valence-corrected chi connectivity index (χ3v) is 7.75. The molecule has 14 nitrogen and oxygen atoms in total. The Bertz CT molecular complexity index is 1650. The van der Waals surface area contributed by atoms with Crippen molar-refractivity contribution in [2.75, 3.05) is 34.8 Å². The SMILES string of the molecule is CC(C)OC(=O)c1cnc(Nc2ccc(C(=O)NCCCCCCC(=O)NO)c(F)c2)nc1Nc1ccccc1N(C)S(C)(=O)=O. The van der Waals surface area contributed by atoms with E-state index in [9.17, 15) is 27.2 Å². The molecule has 3 aromatic rings. The van der Waals surface area contributed by atoms with Gasteiger partial charge in [0, 0.05) is 31.9 Å². The summed E-state index contributed by atoms with van der Waals surface area (Å²) < 4.78 is 45.8. The third kappa shape index (κ3) is 10.4. The molecule has 2 amide bonds. The summed E-state index contributed by atoms with van der Waals surface area (Å²) in [6.45, 7) is 3.69. The number of aromatic nitrogens is 2. The van der Waals surface area contributed by atoms with Crippen LogP contribution in [0.4, 0.5) is 33.2 Å². The predicted molar refractivity (Wildman–Crippen MR) is 171 cm³/mol. The molecule has 0 unspecified atom stereocenters. The van der Waals surface area contributed by atoms with Crippen LogP contribution >= 0.6 is 0 Å². The first kappa shape index (κ1) is 35.6. The number of benzene rings is 2. The van der Waals surface area contributed by atoms with Crippen molar-refractivity contribution >= 4 is 56.6 Å². The molecule has 0 bridgehead atoms. The van der Waals surface area contributed by atoms with Gasteiger partial charge in [0.25, 0.3) is 5.91 Å². The fourth-order valence-electron chi connectivity index (χ4n) is 4.15. The number of amides is 2. The number of carbonyl (C=O) groups is 3. The van der Waals surface area contributed by atoms with Crippen LogP contribution in [0.2, 0.25) is 0 Å². The van der Waals surface area contributed by atoms with Crippen molar-refractivity contribution in [1.82, 2.24) is 20.8 Å². The van der Waals surface area contributed by atoms with Crippen LogP contribution < -0.4 is 25.7 Å². The van der Waals surface area contributed by atoms with Crippen LogP contribution in [-0.4, -0.2) is 67.3 Å². The summed E-state index contributed by atoms with van der Waals surface area (Å²) in [5.74, 6) is -2.55. The number of para-hydroxylation sites is 2. The van der Waals surface area contributed by atoms with Crippen molar-refractivity contribution < 1.29 is 37.1 Å². The molecule has 16 heteroatoms. The van der Waals surface area contributed by atoms with E-state index in [1.54, 1.807) is 43.6 Å². The minimum Gasteiger partial charge on any atom is -0.459 e. The minimum absolute atomic E-state index is 0.00522. The van der Waals surface area contributed by atoms with Gasteiger partial charge in [-0.2, -0.15) is 4.98 Å². The van der Waals surface area contributed by atoms with E-state index in [4.69, 9.17) is 9.94 Å². The summed E-state index contributed by atoms with van der Waals surface area (Å²) in [7, 11) is -2.23. The first-order valence-corrected chi connectivity index (χ1v) is 16.3. The molecule has 248 valence electrons. The number of esters is 1. The highest BCUT2D eigenvalue weighted by Gasteiger charge is 2.21. The highest BCUT2D eigenvalue weighted by Crippen LogP contribution is 2.31. The van der Waals surface area contributed by atoms with E-state index in [1.807, 2.05) is 0 Å². The van der Waals surface area contributed by atoms with Gasteiger partial charge in [0.15, 0.2) is 5.82 Å². The van der Waals surface area contributed by atoms with Crippen LogP contribution in [0.5, 0.6) is 0 Å². The van der Waals surface area contributed by atoms with Crippen LogP contribution in [0.1, 0.15) is 66.7 Å². The highest BCUT2D eigenvalue weighted by molar-refractivity contribution is 7.92. The Balaban J connectivity index is 1.75. The summed E-state index contributed by atoms with van der Waals surface area (Å²) in [4.78, 5) is 44.9. The van der Waals surface area contributed by atoms with Gasteiger partial charge in [0.1, 0.15) is 11.4 Å². The third-order valence-electron chi connectivity index (χ3n) is 6.56. The molecule has 46 heavy (non-hydrogen) atoms. The maximum atomic E-state index is 14.9. The fourth-order valence-corrected chi connectivity index (χ4v) is 4.66. The van der Waals surface area contributed by atoms with Crippen molar-refractivity contribution in [3.63, 3.8) is 0 Å². The molecule has 1 heterocycles. The summed E-state index contributed by atoms with van der Waals surface area (Å²) in [5, 5.41) is 17.0. The number of unbranched alkanes of at least 4 members (excludes halogenated alkanes) is 3. The summed E-state index contributed by atoms with van der Waals surface area (Å²) in [6, 6.07) is 10.4. The van der Waals surface area contributed by atoms with Gasteiger partial charge in [0.2, 0.25) is 21.9 Å². The molecule has 0 aliphatic carbocycles. The first-order chi connectivity index (χ1) is 21.8. The molecule has 0 atom stereocenters. The monoisotopic (exact) mass is 659 g/mol. The van der Waals surface area contributed by atoms with Gasteiger partial charge in [-0.05, 0) is 57.0 Å². The fraction of sp³-hybridized carbons (Fsp3) is 0.367. The summed E-state index contributed by atoms with van der Waals surface area (Å²) in [6.07, 6.45) is 4.78. The standard InChI is InChI=1S/C30H38FN7O7S/c1-19(2)45-29(41)22-18-33-30(36-27(22)35-24-11-8-9-12-25(24)38(3)46(4,43)44)34-20-14-15-21(23(31)17-20)28(40)32-16-10-6-5-7-13-26(39)37-42/h8-9,11-12,14-15,17-19,42H,5-7,10,13,16H2,1-4H3,(H,32,40)(H,37,39)(H2,33,34,35,36). The van der Waals surface area contributed by atoms with Gasteiger partial charge < -0.3 is 20.7 Å². The molecule has 0 aliphatic rings. The van der Waals surface area contributed by atoms with Crippen LogP contribution in [-0.2, 0) is 19.6 Å². The number of nitrogens with one attached hydrogen (secondary N) is 4. The van der Waals surface area contributed by atoms with Crippen molar-refractivity contribution in [3.8, 4) is 0 Å². The summed E-state index contributed by atoms with van der Waals surface area (Å²) in [5.41, 5.74) is 2.24. The maximum absolute atomic E-state index is 14.9. The number of ether oxygens (including phenoxy) is 1. The van der Waals surface area contributed by atoms with Gasteiger partial charge in [-0.15, -0.1) is 0 Å². The Morgan fingerprint density at radius 2 is 1.74 bits per heavy atom. The van der Waals surface area contributed by atoms with Gasteiger partial charge in [-0.25, -0.2) is 28.1 Å². The Morgan fingerprint density at radius 1 is 1.02 bits per heavy atom. The number of nitrogens with zero attached hydrogens (tertiary/aromatic N) is 3. The number of halogens is 1. The highest BCUT2D eigenvalue weighted by atomic mass is 32.2. The number of anilines is 5. The van der Waals surface area contributed by atoms with E-state index in [0.717, 1.165) is 29.5 Å². The van der Waals surface area contributed by atoms with Crippen molar-refractivity contribution in [1.29, 1.82) is 0 Å². The second kappa shape index (κ2) is 16.5. The Morgan fingerprint density at radius 3 is 2.41 bits per heavy atom. The molecule has 3 rings (SSSR count). The Kier molecular flexibility index (Phi) is 12.8. The van der Waals surface area contributed by atoms with Gasteiger partial charge in [-0.1, -0.05) is 25.0 Å². The van der Waals surface area contributed by atoms with Crippen molar-refractivity contribution in [2.45, 2.75) is 52.1 Å². The second-order valence-corrected chi connectivity index (χ2v) is 12.6. The Labute approximate surface area is 266 Å². The zero-order valence-electron chi connectivity index (χ0n) is 26.0. The lowest BCUT2D eigenvalue weighted by Gasteiger charge is -2.21. The van der Waals surface area contributed by atoms with E-state index in [0.29, 0.717) is 30.8 Å². The minimum atomic E-state index is -3.62. The molecule has 1 aromatic heterocycles. The van der Waals surface area contributed by atoms with Crippen molar-refractivity contribution in [2.24, 2.45) is 0 Å². The summed E-state index contributed by atoms with van der Waals surface area (Å²) >= 11 is 0. The number of hydrogen-bond donors (Lipinski definition) is 5. The number of rotatable bonds is 16. The Hall–Kier alpha value is -4.83. The largest absolute Gasteiger partial charge is 0.459 e. The van der Waals surface area contributed by atoms with E-state index >= 15 is 0 Å². The first-order valence-electron chi connectivity index (χ1n) is 14.5. The van der Waals surface area contributed by atoms with E-state index in [1.165, 1.54) is 25.4 Å². The van der Waals surface area contributed by atoms with Crippen LogP contribution in [0, 0.1) is 5.82 Å². The van der Waals surface area contributed by atoms with E-state index in [2.05, 4.69) is 25.9 Å². The van der Waals surface area contributed by atoms with Crippen LogP contribution in [0.25, 0.3) is 0 Å². The molecule has 0 aliphatic heterocycles. The lowest BCUT2D eigenvalue weighted by molar-refractivity contribution is -0.129. The quantitative estimate of drug-likeness (QED) is 0.0639.